The summed E-state index contributed by atoms with van der Waals surface area (Å²) in [6.45, 7) is 1.90. The molecule has 0 amide bonds. The highest BCUT2D eigenvalue weighted by Crippen LogP contribution is 2.40. The number of sulfone groups is 1. The van der Waals surface area contributed by atoms with Gasteiger partial charge in [-0.25, -0.2) is 13.4 Å². The third-order valence-corrected chi connectivity index (χ3v) is 5.43. The highest BCUT2D eigenvalue weighted by atomic mass is 32.2. The first-order valence-electron chi connectivity index (χ1n) is 7.67. The zero-order valence-electron chi connectivity index (χ0n) is 13.6. The van der Waals surface area contributed by atoms with Gasteiger partial charge in [0.2, 0.25) is 5.88 Å². The van der Waals surface area contributed by atoms with Gasteiger partial charge < -0.3 is 4.74 Å². The monoisotopic (exact) mass is 330 g/mol. The van der Waals surface area contributed by atoms with Gasteiger partial charge in [-0.05, 0) is 49.4 Å². The van der Waals surface area contributed by atoms with E-state index in [1.54, 1.807) is 19.2 Å². The Hall–Kier alpha value is -1.88. The maximum absolute atomic E-state index is 11.8. The SMILES string of the molecule is COc1nc(C)[c]c2c1CCCC2c1cccc(S(C)(=O)=O)c1. The van der Waals surface area contributed by atoms with Crippen molar-refractivity contribution in [2.75, 3.05) is 13.4 Å². The molecule has 1 radical (unpaired) electrons. The molecule has 0 spiro atoms. The normalized spacial score (nSPS) is 17.6. The van der Waals surface area contributed by atoms with Crippen LogP contribution in [0.25, 0.3) is 0 Å². The van der Waals surface area contributed by atoms with Gasteiger partial charge in [-0.1, -0.05) is 12.1 Å². The van der Waals surface area contributed by atoms with Crippen LogP contribution in [0.2, 0.25) is 0 Å². The zero-order chi connectivity index (χ0) is 16.6. The van der Waals surface area contributed by atoms with E-state index in [1.807, 2.05) is 19.1 Å². The Morgan fingerprint density at radius 1 is 1.35 bits per heavy atom. The second-order valence-corrected chi connectivity index (χ2v) is 8.03. The molecule has 1 aromatic heterocycles. The zero-order valence-corrected chi connectivity index (χ0v) is 14.4. The third kappa shape index (κ3) is 3.11. The van der Waals surface area contributed by atoms with E-state index in [9.17, 15) is 8.42 Å². The summed E-state index contributed by atoms with van der Waals surface area (Å²) in [7, 11) is -1.57. The van der Waals surface area contributed by atoms with Crippen LogP contribution in [0.1, 0.15) is 41.1 Å². The molecule has 23 heavy (non-hydrogen) atoms. The van der Waals surface area contributed by atoms with Crippen LogP contribution in [-0.2, 0) is 16.3 Å². The summed E-state index contributed by atoms with van der Waals surface area (Å²) in [6.07, 6.45) is 4.16. The minimum atomic E-state index is -3.21. The summed E-state index contributed by atoms with van der Waals surface area (Å²) in [6, 6.07) is 10.6. The molecular weight excluding hydrogens is 310 g/mol. The minimum Gasteiger partial charge on any atom is -0.481 e. The van der Waals surface area contributed by atoms with Crippen molar-refractivity contribution in [1.82, 2.24) is 4.98 Å². The van der Waals surface area contributed by atoms with Gasteiger partial charge >= 0.3 is 0 Å². The first-order valence-corrected chi connectivity index (χ1v) is 9.56. The fraction of sp³-hybridized carbons (Fsp3) is 0.389. The van der Waals surface area contributed by atoms with Gasteiger partial charge in [0.05, 0.1) is 12.0 Å². The fourth-order valence-corrected chi connectivity index (χ4v) is 3.94. The number of aryl methyl sites for hydroxylation is 1. The lowest BCUT2D eigenvalue weighted by Gasteiger charge is -2.27. The van der Waals surface area contributed by atoms with Gasteiger partial charge in [-0.15, -0.1) is 0 Å². The summed E-state index contributed by atoms with van der Waals surface area (Å²) < 4.78 is 29.1. The molecule has 0 N–H and O–H groups in total. The number of nitrogens with zero attached hydrogens (tertiary/aromatic N) is 1. The van der Waals surface area contributed by atoms with Crippen LogP contribution in [0.15, 0.2) is 29.2 Å². The van der Waals surface area contributed by atoms with E-state index < -0.39 is 9.84 Å². The van der Waals surface area contributed by atoms with Gasteiger partial charge in [-0.3, -0.25) is 0 Å². The number of methoxy groups -OCH3 is 1. The quantitative estimate of drug-likeness (QED) is 0.868. The molecule has 121 valence electrons. The Bertz CT molecular complexity index is 843. The molecule has 0 aliphatic heterocycles. The Balaban J connectivity index is 2.13. The minimum absolute atomic E-state index is 0.135. The van der Waals surface area contributed by atoms with Gasteiger partial charge in [0.25, 0.3) is 0 Å². The van der Waals surface area contributed by atoms with E-state index in [2.05, 4.69) is 11.1 Å². The number of benzene rings is 1. The molecule has 0 saturated carbocycles. The van der Waals surface area contributed by atoms with E-state index in [-0.39, 0.29) is 5.92 Å². The standard InChI is InChI=1S/C18H20NO3S/c1-12-10-17-15(8-5-9-16(17)18(19-12)22-2)13-6-4-7-14(11-13)23(3,20)21/h4,6-7,11,15H,5,8-9H2,1-3H3. The van der Waals surface area contributed by atoms with Crippen molar-refractivity contribution in [2.45, 2.75) is 37.0 Å². The van der Waals surface area contributed by atoms with E-state index >= 15 is 0 Å². The molecule has 5 heteroatoms. The fourth-order valence-electron chi connectivity index (χ4n) is 3.26. The molecule has 0 bridgehead atoms. The van der Waals surface area contributed by atoms with Gasteiger partial charge in [0.1, 0.15) is 0 Å². The number of rotatable bonds is 3. The van der Waals surface area contributed by atoms with Gasteiger partial charge in [-0.2, -0.15) is 0 Å². The number of pyridine rings is 1. The van der Waals surface area contributed by atoms with Gasteiger partial charge in [0.15, 0.2) is 9.84 Å². The maximum Gasteiger partial charge on any atom is 0.216 e. The van der Waals surface area contributed by atoms with Crippen LogP contribution in [-0.4, -0.2) is 26.8 Å². The van der Waals surface area contributed by atoms with Crippen molar-refractivity contribution in [3.8, 4) is 5.88 Å². The molecule has 4 nitrogen and oxygen atoms in total. The van der Waals surface area contributed by atoms with E-state index in [1.165, 1.54) is 6.26 Å². The first-order chi connectivity index (χ1) is 10.9. The molecule has 1 unspecified atom stereocenters. The second-order valence-electron chi connectivity index (χ2n) is 6.01. The molecule has 1 aromatic carbocycles. The van der Waals surface area contributed by atoms with Crippen LogP contribution in [0.5, 0.6) is 5.88 Å². The van der Waals surface area contributed by atoms with Crippen molar-refractivity contribution in [1.29, 1.82) is 0 Å². The largest absolute Gasteiger partial charge is 0.481 e. The Labute approximate surface area is 137 Å². The second kappa shape index (κ2) is 5.96. The van der Waals surface area contributed by atoms with E-state index in [0.717, 1.165) is 41.6 Å². The highest BCUT2D eigenvalue weighted by Gasteiger charge is 2.26. The Morgan fingerprint density at radius 2 is 2.13 bits per heavy atom. The summed E-state index contributed by atoms with van der Waals surface area (Å²) in [5, 5.41) is 0. The molecule has 1 aliphatic rings. The Kier molecular flexibility index (Phi) is 4.15. The average molecular weight is 330 g/mol. The number of ether oxygens (including phenoxy) is 1. The third-order valence-electron chi connectivity index (χ3n) is 4.32. The number of hydrogen-bond donors (Lipinski definition) is 0. The van der Waals surface area contributed by atoms with Crippen molar-refractivity contribution in [3.63, 3.8) is 0 Å². The molecule has 1 atom stereocenters. The van der Waals surface area contributed by atoms with Crippen molar-refractivity contribution >= 4 is 9.84 Å². The van der Waals surface area contributed by atoms with Crippen LogP contribution < -0.4 is 4.74 Å². The van der Waals surface area contributed by atoms with Crippen LogP contribution in [0.3, 0.4) is 0 Å². The summed E-state index contributed by atoms with van der Waals surface area (Å²) >= 11 is 0. The van der Waals surface area contributed by atoms with E-state index in [0.29, 0.717) is 10.8 Å². The maximum atomic E-state index is 11.8. The lowest BCUT2D eigenvalue weighted by Crippen LogP contribution is -2.14. The van der Waals surface area contributed by atoms with Crippen molar-refractivity contribution < 1.29 is 13.2 Å². The molecular formula is C18H20NO3S. The molecule has 2 aromatic rings. The topological polar surface area (TPSA) is 56.3 Å². The number of fused-ring (bicyclic) bond motifs is 1. The summed E-state index contributed by atoms with van der Waals surface area (Å²) in [5.41, 5.74) is 4.00. The molecule has 1 aliphatic carbocycles. The van der Waals surface area contributed by atoms with Crippen LogP contribution in [0, 0.1) is 13.0 Å². The summed E-state index contributed by atoms with van der Waals surface area (Å²) in [4.78, 5) is 4.78. The highest BCUT2D eigenvalue weighted by molar-refractivity contribution is 7.90. The van der Waals surface area contributed by atoms with Gasteiger partial charge in [0, 0.05) is 29.5 Å². The Morgan fingerprint density at radius 3 is 2.83 bits per heavy atom. The van der Waals surface area contributed by atoms with Crippen LogP contribution in [0.4, 0.5) is 0 Å². The smallest absolute Gasteiger partial charge is 0.216 e. The molecule has 3 rings (SSSR count). The number of hydrogen-bond acceptors (Lipinski definition) is 4. The molecule has 1 heterocycles. The molecule has 0 saturated heterocycles. The van der Waals surface area contributed by atoms with Crippen molar-refractivity contribution in [3.05, 3.63) is 52.7 Å². The molecule has 0 fully saturated rings. The lowest BCUT2D eigenvalue weighted by atomic mass is 9.79. The number of aromatic nitrogens is 1. The average Bonchev–Trinajstić information content (AvgIpc) is 2.52. The predicted octanol–water partition coefficient (Wildman–Crippen LogP) is 3.07. The lowest BCUT2D eigenvalue weighted by molar-refractivity contribution is 0.386. The van der Waals surface area contributed by atoms with Crippen LogP contribution >= 0.6 is 0 Å². The summed E-state index contributed by atoms with van der Waals surface area (Å²) in [5.74, 6) is 0.802. The van der Waals surface area contributed by atoms with Crippen molar-refractivity contribution in [2.24, 2.45) is 0 Å². The first kappa shape index (κ1) is 16.0. The van der Waals surface area contributed by atoms with E-state index in [4.69, 9.17) is 4.74 Å². The predicted molar refractivity (Wildman–Crippen MR) is 88.7 cm³/mol.